The van der Waals surface area contributed by atoms with Gasteiger partial charge in [-0.05, 0) is 31.0 Å². The van der Waals surface area contributed by atoms with Crippen LogP contribution >= 0.6 is 0 Å². The van der Waals surface area contributed by atoms with Gasteiger partial charge < -0.3 is 4.90 Å². The van der Waals surface area contributed by atoms with Crippen molar-refractivity contribution in [2.75, 3.05) is 6.54 Å². The quantitative estimate of drug-likeness (QED) is 0.704. The zero-order chi connectivity index (χ0) is 17.9. The normalized spacial score (nSPS) is 16.8. The van der Waals surface area contributed by atoms with E-state index in [2.05, 4.69) is 15.3 Å². The van der Waals surface area contributed by atoms with Crippen molar-refractivity contribution in [3.63, 3.8) is 0 Å². The summed E-state index contributed by atoms with van der Waals surface area (Å²) in [4.78, 5) is 28.0. The first kappa shape index (κ1) is 16.2. The van der Waals surface area contributed by atoms with Crippen molar-refractivity contribution in [1.29, 1.82) is 0 Å². The Kier molecular flexibility index (Phi) is 4.30. The van der Waals surface area contributed by atoms with Gasteiger partial charge >= 0.3 is 0 Å². The zero-order valence-electron chi connectivity index (χ0n) is 14.1. The molecule has 1 amide bonds. The number of hydrogen-bond donors (Lipinski definition) is 0. The monoisotopic (exact) mass is 350 g/mol. The Hall–Kier alpha value is -3.29. The van der Waals surface area contributed by atoms with Crippen LogP contribution in [-0.4, -0.2) is 48.2 Å². The minimum absolute atomic E-state index is 0.0722. The molecular formula is C18H18N6O2. The molecule has 1 aliphatic rings. The van der Waals surface area contributed by atoms with Gasteiger partial charge in [-0.3, -0.25) is 9.59 Å². The summed E-state index contributed by atoms with van der Waals surface area (Å²) >= 11 is 0. The standard InChI is InChI=1S/C18H18N6O2/c25-17-9-4-10-19-23(17)13-15-8-5-11-22(15)18(26)16-12-20-24(21-16)14-6-2-1-3-7-14/h1-4,6-7,9-10,12,15H,5,8,11,13H2. The van der Waals surface area contributed by atoms with Crippen LogP contribution in [0.1, 0.15) is 23.3 Å². The molecular weight excluding hydrogens is 332 g/mol. The number of rotatable bonds is 4. The van der Waals surface area contributed by atoms with Crippen molar-refractivity contribution in [3.05, 3.63) is 70.9 Å². The molecule has 26 heavy (non-hydrogen) atoms. The number of para-hydroxylation sites is 1. The van der Waals surface area contributed by atoms with Crippen LogP contribution in [-0.2, 0) is 6.54 Å². The molecule has 3 heterocycles. The lowest BCUT2D eigenvalue weighted by molar-refractivity contribution is 0.0714. The molecule has 0 bridgehead atoms. The topological polar surface area (TPSA) is 85.9 Å². The molecule has 1 aliphatic heterocycles. The molecule has 8 nitrogen and oxygen atoms in total. The molecule has 1 saturated heterocycles. The third kappa shape index (κ3) is 3.13. The summed E-state index contributed by atoms with van der Waals surface area (Å²) in [6, 6.07) is 12.5. The SMILES string of the molecule is O=C(c1cnn(-c2ccccc2)n1)N1CCCC1Cn1ncccc1=O. The van der Waals surface area contributed by atoms with Gasteiger partial charge in [0, 0.05) is 18.8 Å². The number of amides is 1. The third-order valence-corrected chi connectivity index (χ3v) is 4.51. The summed E-state index contributed by atoms with van der Waals surface area (Å²) in [5.74, 6) is -0.168. The maximum absolute atomic E-state index is 12.9. The maximum Gasteiger partial charge on any atom is 0.276 e. The molecule has 1 unspecified atom stereocenters. The van der Waals surface area contributed by atoms with Crippen LogP contribution in [0.4, 0.5) is 0 Å². The predicted molar refractivity (Wildman–Crippen MR) is 93.9 cm³/mol. The number of likely N-dealkylation sites (tertiary alicyclic amines) is 1. The highest BCUT2D eigenvalue weighted by molar-refractivity contribution is 5.92. The van der Waals surface area contributed by atoms with Crippen molar-refractivity contribution in [2.45, 2.75) is 25.4 Å². The highest BCUT2D eigenvalue weighted by Crippen LogP contribution is 2.20. The van der Waals surface area contributed by atoms with Crippen LogP contribution in [0.25, 0.3) is 5.69 Å². The van der Waals surface area contributed by atoms with Crippen LogP contribution in [0.3, 0.4) is 0 Å². The number of aromatic nitrogens is 5. The van der Waals surface area contributed by atoms with Gasteiger partial charge in [0.1, 0.15) is 0 Å². The molecule has 0 aliphatic carbocycles. The molecule has 2 aromatic heterocycles. The van der Waals surface area contributed by atoms with Crippen molar-refractivity contribution < 1.29 is 4.79 Å². The van der Waals surface area contributed by atoms with Gasteiger partial charge in [-0.25, -0.2) is 4.68 Å². The Bertz CT molecular complexity index is 965. The summed E-state index contributed by atoms with van der Waals surface area (Å²) in [6.07, 6.45) is 4.79. The van der Waals surface area contributed by atoms with E-state index < -0.39 is 0 Å². The molecule has 1 fully saturated rings. The van der Waals surface area contributed by atoms with Gasteiger partial charge in [-0.2, -0.15) is 15.0 Å². The number of benzene rings is 1. The van der Waals surface area contributed by atoms with E-state index in [0.29, 0.717) is 18.8 Å². The fourth-order valence-electron chi connectivity index (χ4n) is 3.21. The van der Waals surface area contributed by atoms with Gasteiger partial charge in [-0.1, -0.05) is 18.2 Å². The van der Waals surface area contributed by atoms with Crippen LogP contribution in [0.15, 0.2) is 59.7 Å². The molecule has 1 atom stereocenters. The average Bonchev–Trinajstić information content (AvgIpc) is 3.33. The van der Waals surface area contributed by atoms with Crippen molar-refractivity contribution in [2.24, 2.45) is 0 Å². The van der Waals surface area contributed by atoms with Crippen molar-refractivity contribution >= 4 is 5.91 Å². The highest BCUT2D eigenvalue weighted by atomic mass is 16.2. The van der Waals surface area contributed by atoms with Crippen LogP contribution in [0.2, 0.25) is 0 Å². The second-order valence-electron chi connectivity index (χ2n) is 6.19. The van der Waals surface area contributed by atoms with E-state index in [1.54, 1.807) is 17.2 Å². The van der Waals surface area contributed by atoms with E-state index in [0.717, 1.165) is 18.5 Å². The van der Waals surface area contributed by atoms with E-state index in [1.807, 2.05) is 30.3 Å². The first-order valence-electron chi connectivity index (χ1n) is 8.53. The number of hydrogen-bond acceptors (Lipinski definition) is 5. The lowest BCUT2D eigenvalue weighted by atomic mass is 10.2. The molecule has 0 N–H and O–H groups in total. The van der Waals surface area contributed by atoms with E-state index in [9.17, 15) is 9.59 Å². The second-order valence-corrected chi connectivity index (χ2v) is 6.19. The molecule has 132 valence electrons. The molecule has 0 saturated carbocycles. The Morgan fingerprint density at radius 2 is 1.96 bits per heavy atom. The van der Waals surface area contributed by atoms with Gasteiger partial charge in [-0.15, -0.1) is 5.10 Å². The van der Waals surface area contributed by atoms with Crippen LogP contribution in [0, 0.1) is 0 Å². The first-order chi connectivity index (χ1) is 12.7. The molecule has 3 aromatic rings. The molecule has 1 aromatic carbocycles. The van der Waals surface area contributed by atoms with Crippen LogP contribution in [0.5, 0.6) is 0 Å². The zero-order valence-corrected chi connectivity index (χ0v) is 14.1. The highest BCUT2D eigenvalue weighted by Gasteiger charge is 2.31. The maximum atomic E-state index is 12.9. The first-order valence-corrected chi connectivity index (χ1v) is 8.53. The lowest BCUT2D eigenvalue weighted by Crippen LogP contribution is -2.40. The smallest absolute Gasteiger partial charge is 0.276 e. The van der Waals surface area contributed by atoms with Gasteiger partial charge in [0.15, 0.2) is 5.69 Å². The third-order valence-electron chi connectivity index (χ3n) is 4.51. The summed E-state index contributed by atoms with van der Waals surface area (Å²) in [6.45, 7) is 1.03. The minimum atomic E-state index is -0.168. The average molecular weight is 350 g/mol. The van der Waals surface area contributed by atoms with E-state index in [-0.39, 0.29) is 17.5 Å². The molecule has 4 rings (SSSR count). The predicted octanol–water partition coefficient (Wildman–Crippen LogP) is 1.13. The lowest BCUT2D eigenvalue weighted by Gasteiger charge is -2.23. The number of carbonyl (C=O) groups excluding carboxylic acids is 1. The second kappa shape index (κ2) is 6.91. The molecule has 8 heteroatoms. The van der Waals surface area contributed by atoms with Gasteiger partial charge in [0.25, 0.3) is 11.5 Å². The fourth-order valence-corrected chi connectivity index (χ4v) is 3.21. The molecule has 0 spiro atoms. The summed E-state index contributed by atoms with van der Waals surface area (Å²) in [5, 5.41) is 12.6. The molecule has 0 radical (unpaired) electrons. The number of nitrogens with zero attached hydrogens (tertiary/aromatic N) is 6. The Morgan fingerprint density at radius 3 is 2.77 bits per heavy atom. The van der Waals surface area contributed by atoms with E-state index >= 15 is 0 Å². The van der Waals surface area contributed by atoms with Crippen LogP contribution < -0.4 is 5.56 Å². The Labute approximate surface area is 149 Å². The summed E-state index contributed by atoms with van der Waals surface area (Å²) < 4.78 is 1.40. The summed E-state index contributed by atoms with van der Waals surface area (Å²) in [5.41, 5.74) is 0.931. The largest absolute Gasteiger partial charge is 0.332 e. The Morgan fingerprint density at radius 1 is 1.12 bits per heavy atom. The van der Waals surface area contributed by atoms with Crippen molar-refractivity contribution in [1.82, 2.24) is 29.7 Å². The van der Waals surface area contributed by atoms with E-state index in [1.165, 1.54) is 21.7 Å². The fraction of sp³-hybridized carbons (Fsp3) is 0.278. The number of carbonyl (C=O) groups is 1. The van der Waals surface area contributed by atoms with Crippen molar-refractivity contribution in [3.8, 4) is 5.69 Å². The summed E-state index contributed by atoms with van der Waals surface area (Å²) in [7, 11) is 0. The van der Waals surface area contributed by atoms with Gasteiger partial charge in [0.05, 0.1) is 24.5 Å². The Balaban J connectivity index is 1.53. The minimum Gasteiger partial charge on any atom is -0.332 e. The van der Waals surface area contributed by atoms with E-state index in [4.69, 9.17) is 0 Å². The van der Waals surface area contributed by atoms with Gasteiger partial charge in [0.2, 0.25) is 0 Å².